The maximum absolute atomic E-state index is 13.5. The van der Waals surface area contributed by atoms with Crippen molar-refractivity contribution in [3.05, 3.63) is 69.6 Å². The molecule has 182 valence electrons. The molecule has 7 nitrogen and oxygen atoms in total. The van der Waals surface area contributed by atoms with Gasteiger partial charge in [0.1, 0.15) is 23.9 Å². The average molecular weight is 519 g/mol. The van der Waals surface area contributed by atoms with E-state index in [0.717, 1.165) is 19.3 Å². The maximum Gasteiger partial charge on any atom is 0.257 e. The van der Waals surface area contributed by atoms with Gasteiger partial charge < -0.3 is 19.0 Å². The number of aromatic nitrogens is 2. The summed E-state index contributed by atoms with van der Waals surface area (Å²) >= 11 is 11.7. The number of aliphatic hydroxyl groups excluding tert-OH is 1. The second kappa shape index (κ2) is 8.18. The van der Waals surface area contributed by atoms with Crippen LogP contribution in [0.5, 0.6) is 11.5 Å². The molecule has 2 heterocycles. The van der Waals surface area contributed by atoms with Crippen molar-refractivity contribution in [3.8, 4) is 11.5 Å². The van der Waals surface area contributed by atoms with E-state index >= 15 is 0 Å². The number of carbonyl (C=O) groups is 1. The second-order valence-electron chi connectivity index (χ2n) is 9.88. The van der Waals surface area contributed by atoms with Crippen LogP contribution >= 0.6 is 23.2 Å². The van der Waals surface area contributed by atoms with Gasteiger partial charge >= 0.3 is 0 Å². The van der Waals surface area contributed by atoms with E-state index in [9.17, 15) is 14.3 Å². The molecule has 1 N–H and O–H groups in total. The molecule has 0 unspecified atom stereocenters. The molecule has 2 aromatic carbocycles. The SMILES string of the molecule is O=C(COc1ccc(Cl)c(F)c1)CC12CC(c3nnc([C@@H]4C[C@H](O)c5cc(Cl)ccc5O4)o3)(C1)C2. The zero-order valence-corrected chi connectivity index (χ0v) is 20.0. The molecule has 0 spiro atoms. The van der Waals surface area contributed by atoms with Crippen molar-refractivity contribution >= 4 is 29.0 Å². The Balaban J connectivity index is 1.05. The number of nitrogens with zero attached hydrogens (tertiary/aromatic N) is 2. The van der Waals surface area contributed by atoms with Crippen molar-refractivity contribution in [1.29, 1.82) is 0 Å². The predicted octanol–water partition coefficient (Wildman–Crippen LogP) is 5.53. The fourth-order valence-electron chi connectivity index (χ4n) is 5.76. The molecule has 2 atom stereocenters. The zero-order chi connectivity index (χ0) is 24.4. The first-order chi connectivity index (χ1) is 16.7. The van der Waals surface area contributed by atoms with Crippen LogP contribution in [0, 0.1) is 11.2 Å². The molecule has 3 saturated carbocycles. The number of ketones is 1. The molecule has 1 aliphatic heterocycles. The van der Waals surface area contributed by atoms with Crippen LogP contribution in [0.2, 0.25) is 10.0 Å². The Kier molecular flexibility index (Phi) is 5.32. The topological polar surface area (TPSA) is 94.7 Å². The minimum Gasteiger partial charge on any atom is -0.486 e. The quantitative estimate of drug-likeness (QED) is 0.439. The van der Waals surface area contributed by atoms with Gasteiger partial charge in [-0.15, -0.1) is 10.2 Å². The van der Waals surface area contributed by atoms with Crippen LogP contribution < -0.4 is 9.47 Å². The van der Waals surface area contributed by atoms with Crippen molar-refractivity contribution in [1.82, 2.24) is 10.2 Å². The highest BCUT2D eigenvalue weighted by Gasteiger charge is 2.71. The fraction of sp³-hybridized carbons (Fsp3) is 0.400. The van der Waals surface area contributed by atoms with Gasteiger partial charge in [-0.25, -0.2) is 4.39 Å². The van der Waals surface area contributed by atoms with Crippen molar-refractivity contribution in [2.45, 2.75) is 49.7 Å². The summed E-state index contributed by atoms with van der Waals surface area (Å²) in [5.74, 6) is 1.08. The van der Waals surface area contributed by atoms with Crippen molar-refractivity contribution in [2.24, 2.45) is 5.41 Å². The van der Waals surface area contributed by atoms with Crippen LogP contribution in [-0.2, 0) is 10.2 Å². The van der Waals surface area contributed by atoms with E-state index in [1.54, 1.807) is 18.2 Å². The molecular weight excluding hydrogens is 498 g/mol. The number of ether oxygens (including phenoxy) is 2. The third kappa shape index (κ3) is 3.97. The molecule has 35 heavy (non-hydrogen) atoms. The number of halogens is 3. The van der Waals surface area contributed by atoms with E-state index in [2.05, 4.69) is 10.2 Å². The van der Waals surface area contributed by atoms with Crippen molar-refractivity contribution in [2.75, 3.05) is 6.61 Å². The number of benzene rings is 2. The lowest BCUT2D eigenvalue weighted by atomic mass is 9.34. The Labute approximate surface area is 210 Å². The highest BCUT2D eigenvalue weighted by molar-refractivity contribution is 6.31. The summed E-state index contributed by atoms with van der Waals surface area (Å²) in [6, 6.07) is 9.22. The summed E-state index contributed by atoms with van der Waals surface area (Å²) in [6.07, 6.45) is 1.77. The number of hydrogen-bond acceptors (Lipinski definition) is 7. The van der Waals surface area contributed by atoms with Gasteiger partial charge in [0.05, 0.1) is 16.5 Å². The largest absolute Gasteiger partial charge is 0.486 e. The Morgan fingerprint density at radius 3 is 2.74 bits per heavy atom. The first-order valence-electron chi connectivity index (χ1n) is 11.3. The molecule has 10 heteroatoms. The van der Waals surface area contributed by atoms with Crippen LogP contribution in [-0.4, -0.2) is 27.7 Å². The normalized spacial score (nSPS) is 28.3. The number of hydrogen-bond donors (Lipinski definition) is 1. The maximum atomic E-state index is 13.5. The predicted molar refractivity (Wildman–Crippen MR) is 123 cm³/mol. The van der Waals surface area contributed by atoms with E-state index in [1.165, 1.54) is 18.2 Å². The van der Waals surface area contributed by atoms with Crippen LogP contribution in [0.15, 0.2) is 40.8 Å². The lowest BCUT2D eigenvalue weighted by Gasteiger charge is -2.68. The number of carbonyl (C=O) groups excluding carboxylic acids is 1. The Morgan fingerprint density at radius 2 is 1.97 bits per heavy atom. The lowest BCUT2D eigenvalue weighted by molar-refractivity contribution is -0.168. The monoisotopic (exact) mass is 518 g/mol. The molecule has 2 bridgehead atoms. The first-order valence-corrected chi connectivity index (χ1v) is 12.1. The van der Waals surface area contributed by atoms with Gasteiger partial charge in [0, 0.05) is 29.5 Å². The third-order valence-electron chi connectivity index (χ3n) is 7.21. The third-order valence-corrected chi connectivity index (χ3v) is 7.75. The Morgan fingerprint density at radius 1 is 1.17 bits per heavy atom. The summed E-state index contributed by atoms with van der Waals surface area (Å²) in [7, 11) is 0. The summed E-state index contributed by atoms with van der Waals surface area (Å²) < 4.78 is 30.9. The highest BCUT2D eigenvalue weighted by Crippen LogP contribution is 2.74. The van der Waals surface area contributed by atoms with Crippen LogP contribution in [0.1, 0.15) is 61.7 Å². The molecule has 4 aliphatic rings. The minimum absolute atomic E-state index is 0.00739. The second-order valence-corrected chi connectivity index (χ2v) is 10.7. The molecule has 3 fully saturated rings. The summed E-state index contributed by atoms with van der Waals surface area (Å²) in [5.41, 5.74) is 0.366. The van der Waals surface area contributed by atoms with Crippen LogP contribution in [0.4, 0.5) is 4.39 Å². The fourth-order valence-corrected chi connectivity index (χ4v) is 6.06. The average Bonchev–Trinajstić information content (AvgIpc) is 3.26. The zero-order valence-electron chi connectivity index (χ0n) is 18.5. The number of fused-ring (bicyclic) bond motifs is 1. The molecule has 0 saturated heterocycles. The molecule has 3 aliphatic carbocycles. The van der Waals surface area contributed by atoms with Crippen molar-refractivity contribution < 1.29 is 28.2 Å². The number of aliphatic hydroxyl groups is 1. The van der Waals surface area contributed by atoms with E-state index in [0.29, 0.717) is 34.5 Å². The highest BCUT2D eigenvalue weighted by atomic mass is 35.5. The van der Waals surface area contributed by atoms with Gasteiger partial charge in [-0.05, 0) is 55.0 Å². The Hall–Kier alpha value is -2.68. The molecule has 0 radical (unpaired) electrons. The van der Waals surface area contributed by atoms with E-state index in [4.69, 9.17) is 37.1 Å². The molecule has 7 rings (SSSR count). The summed E-state index contributed by atoms with van der Waals surface area (Å²) in [4.78, 5) is 12.5. The standard InChI is InChI=1S/C25H21Cl2FN2O5/c26-13-1-4-20-16(5-13)19(32)7-21(34-20)22-29-30-23(35-22)25-10-24(11-25,12-25)8-14(31)9-33-15-2-3-17(27)18(28)6-15/h1-6,19,21,32H,7-12H2/t19-,21-,24?,25?/m0/s1. The van der Waals surface area contributed by atoms with Crippen LogP contribution in [0.25, 0.3) is 0 Å². The first kappa shape index (κ1) is 22.8. The molecule has 3 aromatic rings. The number of rotatable bonds is 7. The van der Waals surface area contributed by atoms with Gasteiger partial charge in [0.15, 0.2) is 11.9 Å². The number of Topliss-reactive ketones (excluding diaryl/α,β-unsaturated/α-hetero) is 1. The summed E-state index contributed by atoms with van der Waals surface area (Å²) in [5, 5.41) is 19.5. The summed E-state index contributed by atoms with van der Waals surface area (Å²) in [6.45, 7) is -0.117. The van der Waals surface area contributed by atoms with Gasteiger partial charge in [0.2, 0.25) is 5.89 Å². The van der Waals surface area contributed by atoms with Gasteiger partial charge in [0.25, 0.3) is 5.89 Å². The van der Waals surface area contributed by atoms with Gasteiger partial charge in [-0.1, -0.05) is 23.2 Å². The van der Waals surface area contributed by atoms with E-state index < -0.39 is 18.0 Å². The molecular formula is C25H21Cl2FN2O5. The van der Waals surface area contributed by atoms with Crippen LogP contribution in [0.3, 0.4) is 0 Å². The van der Waals surface area contributed by atoms with E-state index in [1.807, 2.05) is 0 Å². The lowest BCUT2D eigenvalue weighted by Crippen LogP contribution is -2.65. The van der Waals surface area contributed by atoms with Crippen molar-refractivity contribution in [3.63, 3.8) is 0 Å². The Bertz CT molecular complexity index is 1310. The minimum atomic E-state index is -0.742. The molecule has 1 aromatic heterocycles. The van der Waals surface area contributed by atoms with Gasteiger partial charge in [-0.3, -0.25) is 4.79 Å². The molecule has 0 amide bonds. The van der Waals surface area contributed by atoms with Gasteiger partial charge in [-0.2, -0.15) is 0 Å². The van der Waals surface area contributed by atoms with E-state index in [-0.39, 0.29) is 40.4 Å². The smallest absolute Gasteiger partial charge is 0.257 e.